The van der Waals surface area contributed by atoms with E-state index in [1.165, 1.54) is 0 Å². The first kappa shape index (κ1) is 10.9. The summed E-state index contributed by atoms with van der Waals surface area (Å²) in [4.78, 5) is 11.1. The zero-order valence-electron chi connectivity index (χ0n) is 7.46. The molecule has 0 radical (unpaired) electrons. The number of nitrogens with one attached hydrogen (secondary N) is 1. The van der Waals surface area contributed by atoms with Crippen molar-refractivity contribution in [2.75, 3.05) is 20.3 Å². The van der Waals surface area contributed by atoms with Crippen LogP contribution in [0, 0.1) is 17.2 Å². The Hall–Kier alpha value is -1.08. The molecule has 0 saturated heterocycles. The molecule has 68 valence electrons. The van der Waals surface area contributed by atoms with Crippen molar-refractivity contribution in [3.8, 4) is 6.07 Å². The van der Waals surface area contributed by atoms with Gasteiger partial charge in [0.1, 0.15) is 5.92 Å². The Balaban J connectivity index is 3.64. The number of nitrogens with zero attached hydrogens (tertiary/aromatic N) is 1. The number of methoxy groups -OCH3 is 1. The average Bonchev–Trinajstić information content (AvgIpc) is 2.07. The quantitative estimate of drug-likeness (QED) is 0.603. The van der Waals surface area contributed by atoms with Crippen LogP contribution in [0.15, 0.2) is 0 Å². The van der Waals surface area contributed by atoms with Crippen molar-refractivity contribution < 1.29 is 9.53 Å². The van der Waals surface area contributed by atoms with Crippen LogP contribution in [0.3, 0.4) is 0 Å². The van der Waals surface area contributed by atoms with Gasteiger partial charge in [-0.2, -0.15) is 5.26 Å². The monoisotopic (exact) mass is 170 g/mol. The van der Waals surface area contributed by atoms with Gasteiger partial charge in [-0.1, -0.05) is 6.92 Å². The maximum absolute atomic E-state index is 11.1. The lowest BCUT2D eigenvalue weighted by molar-refractivity contribution is -0.123. The van der Waals surface area contributed by atoms with E-state index in [9.17, 15) is 4.79 Å². The topological polar surface area (TPSA) is 62.1 Å². The lowest BCUT2D eigenvalue weighted by Crippen LogP contribution is -2.32. The molecule has 0 aromatic rings. The largest absolute Gasteiger partial charge is 0.383 e. The molecule has 1 amide bonds. The van der Waals surface area contributed by atoms with Crippen molar-refractivity contribution in [2.24, 2.45) is 5.92 Å². The standard InChI is InChI=1S/C8H14N2O2/c1-3-7(6-9)8(11)10-4-5-12-2/h7H,3-5H2,1-2H3,(H,10,11). The molecule has 12 heavy (non-hydrogen) atoms. The minimum Gasteiger partial charge on any atom is -0.383 e. The summed E-state index contributed by atoms with van der Waals surface area (Å²) >= 11 is 0. The summed E-state index contributed by atoms with van der Waals surface area (Å²) in [6.07, 6.45) is 0.551. The molecule has 0 aliphatic rings. The zero-order valence-corrected chi connectivity index (χ0v) is 7.46. The Morgan fingerprint density at radius 3 is 2.83 bits per heavy atom. The van der Waals surface area contributed by atoms with Crippen LogP contribution in [-0.2, 0) is 9.53 Å². The lowest BCUT2D eigenvalue weighted by atomic mass is 10.1. The number of hydrogen-bond donors (Lipinski definition) is 1. The maximum Gasteiger partial charge on any atom is 0.237 e. The highest BCUT2D eigenvalue weighted by Crippen LogP contribution is 1.98. The van der Waals surface area contributed by atoms with Crippen molar-refractivity contribution in [1.29, 1.82) is 5.26 Å². The number of nitriles is 1. The second kappa shape index (κ2) is 6.62. The molecular formula is C8H14N2O2. The number of ether oxygens (including phenoxy) is 1. The zero-order chi connectivity index (χ0) is 9.40. The van der Waals surface area contributed by atoms with E-state index in [1.54, 1.807) is 7.11 Å². The third kappa shape index (κ3) is 3.94. The van der Waals surface area contributed by atoms with Crippen LogP contribution < -0.4 is 5.32 Å². The molecule has 1 unspecified atom stereocenters. The first-order chi connectivity index (χ1) is 5.76. The minimum absolute atomic E-state index is 0.211. The second-order valence-corrected chi connectivity index (χ2v) is 2.37. The van der Waals surface area contributed by atoms with Gasteiger partial charge in [-0.15, -0.1) is 0 Å². The fraction of sp³-hybridized carbons (Fsp3) is 0.750. The molecule has 4 nitrogen and oxygen atoms in total. The van der Waals surface area contributed by atoms with Gasteiger partial charge in [0.15, 0.2) is 0 Å². The average molecular weight is 170 g/mol. The maximum atomic E-state index is 11.1. The molecular weight excluding hydrogens is 156 g/mol. The molecule has 1 N–H and O–H groups in total. The molecule has 1 atom stereocenters. The molecule has 0 aliphatic heterocycles. The first-order valence-electron chi connectivity index (χ1n) is 3.92. The number of hydrogen-bond acceptors (Lipinski definition) is 3. The molecule has 0 heterocycles. The Morgan fingerprint density at radius 2 is 2.42 bits per heavy atom. The Morgan fingerprint density at radius 1 is 1.75 bits per heavy atom. The fourth-order valence-corrected chi connectivity index (χ4v) is 0.735. The molecule has 0 rings (SSSR count). The predicted octanol–water partition coefficient (Wildman–Crippen LogP) is 0.299. The summed E-state index contributed by atoms with van der Waals surface area (Å²) in [6.45, 7) is 2.75. The normalized spacial score (nSPS) is 11.8. The van der Waals surface area contributed by atoms with Crippen LogP contribution in [0.2, 0.25) is 0 Å². The summed E-state index contributed by atoms with van der Waals surface area (Å²) in [5.74, 6) is -0.737. The Bertz CT molecular complexity index is 174. The number of amides is 1. The molecule has 0 saturated carbocycles. The third-order valence-electron chi connectivity index (χ3n) is 1.49. The predicted molar refractivity (Wildman–Crippen MR) is 44.3 cm³/mol. The number of rotatable bonds is 5. The van der Waals surface area contributed by atoms with Crippen LogP contribution >= 0.6 is 0 Å². The SMILES string of the molecule is CCC(C#N)C(=O)NCCOC. The summed E-state index contributed by atoms with van der Waals surface area (Å²) in [5.41, 5.74) is 0. The van der Waals surface area contributed by atoms with Gasteiger partial charge in [-0.25, -0.2) is 0 Å². The van der Waals surface area contributed by atoms with Gasteiger partial charge in [-0.05, 0) is 6.42 Å². The van der Waals surface area contributed by atoms with E-state index in [-0.39, 0.29) is 5.91 Å². The number of carbonyl (C=O) groups excluding carboxylic acids is 1. The van der Waals surface area contributed by atoms with Gasteiger partial charge in [0.25, 0.3) is 0 Å². The molecule has 0 spiro atoms. The van der Waals surface area contributed by atoms with Crippen LogP contribution in [-0.4, -0.2) is 26.2 Å². The van der Waals surface area contributed by atoms with Crippen molar-refractivity contribution in [1.82, 2.24) is 5.32 Å². The Kier molecular flexibility index (Phi) is 6.02. The molecule has 0 bridgehead atoms. The van der Waals surface area contributed by atoms with E-state index in [1.807, 2.05) is 13.0 Å². The smallest absolute Gasteiger partial charge is 0.237 e. The van der Waals surface area contributed by atoms with E-state index in [2.05, 4.69) is 5.32 Å². The van der Waals surface area contributed by atoms with E-state index in [0.29, 0.717) is 19.6 Å². The van der Waals surface area contributed by atoms with Gasteiger partial charge in [0.05, 0.1) is 12.7 Å². The van der Waals surface area contributed by atoms with Gasteiger partial charge in [0.2, 0.25) is 5.91 Å². The summed E-state index contributed by atoms with van der Waals surface area (Å²) in [6, 6.07) is 1.93. The highest BCUT2D eigenvalue weighted by Gasteiger charge is 2.13. The number of carbonyl (C=O) groups is 1. The Labute approximate surface area is 72.5 Å². The van der Waals surface area contributed by atoms with Crippen molar-refractivity contribution in [3.63, 3.8) is 0 Å². The summed E-state index contributed by atoms with van der Waals surface area (Å²) in [5, 5.41) is 11.1. The third-order valence-corrected chi connectivity index (χ3v) is 1.49. The van der Waals surface area contributed by atoms with Crippen molar-refractivity contribution >= 4 is 5.91 Å². The fourth-order valence-electron chi connectivity index (χ4n) is 0.735. The van der Waals surface area contributed by atoms with E-state index in [0.717, 1.165) is 0 Å². The van der Waals surface area contributed by atoms with Gasteiger partial charge in [0, 0.05) is 13.7 Å². The van der Waals surface area contributed by atoms with Gasteiger partial charge < -0.3 is 10.1 Å². The molecule has 0 fully saturated rings. The van der Waals surface area contributed by atoms with Crippen LogP contribution in [0.4, 0.5) is 0 Å². The molecule has 0 aromatic heterocycles. The highest BCUT2D eigenvalue weighted by atomic mass is 16.5. The second-order valence-electron chi connectivity index (χ2n) is 2.37. The summed E-state index contributed by atoms with van der Waals surface area (Å²) in [7, 11) is 1.56. The first-order valence-corrected chi connectivity index (χ1v) is 3.92. The molecule has 0 aromatic carbocycles. The molecule has 4 heteroatoms. The van der Waals surface area contributed by atoms with Crippen LogP contribution in [0.25, 0.3) is 0 Å². The van der Waals surface area contributed by atoms with E-state index < -0.39 is 5.92 Å². The van der Waals surface area contributed by atoms with Crippen LogP contribution in [0.5, 0.6) is 0 Å². The van der Waals surface area contributed by atoms with Crippen LogP contribution in [0.1, 0.15) is 13.3 Å². The van der Waals surface area contributed by atoms with Crippen molar-refractivity contribution in [2.45, 2.75) is 13.3 Å². The highest BCUT2D eigenvalue weighted by molar-refractivity contribution is 5.80. The van der Waals surface area contributed by atoms with E-state index in [4.69, 9.17) is 10.00 Å². The lowest BCUT2D eigenvalue weighted by Gasteiger charge is -2.06. The molecule has 0 aliphatic carbocycles. The minimum atomic E-state index is -0.526. The van der Waals surface area contributed by atoms with Gasteiger partial charge >= 0.3 is 0 Å². The summed E-state index contributed by atoms with van der Waals surface area (Å²) < 4.78 is 4.74. The van der Waals surface area contributed by atoms with E-state index >= 15 is 0 Å². The van der Waals surface area contributed by atoms with Gasteiger partial charge in [-0.3, -0.25) is 4.79 Å². The van der Waals surface area contributed by atoms with Crippen molar-refractivity contribution in [3.05, 3.63) is 0 Å².